The molecule has 1 amide bonds. The molecule has 0 aliphatic carbocycles. The number of nitrogens with zero attached hydrogens (tertiary/aromatic N) is 1. The Morgan fingerprint density at radius 3 is 2.56 bits per heavy atom. The van der Waals surface area contributed by atoms with Crippen molar-refractivity contribution in [3.05, 3.63) is 94.1 Å². The molecular formula is C25H21ClN2O3S. The molecule has 4 rings (SSSR count). The zero-order chi connectivity index (χ0) is 22.7. The van der Waals surface area contributed by atoms with E-state index in [1.165, 1.54) is 4.90 Å². The average molecular weight is 465 g/mol. The molecule has 0 aromatic heterocycles. The molecular weight excluding hydrogens is 444 g/mol. The lowest BCUT2D eigenvalue weighted by Gasteiger charge is -2.16. The van der Waals surface area contributed by atoms with E-state index < -0.39 is 0 Å². The Balaban J connectivity index is 1.59. The lowest BCUT2D eigenvalue weighted by molar-refractivity contribution is -0.113. The summed E-state index contributed by atoms with van der Waals surface area (Å²) in [5.74, 6) is 1.07. The SMILES string of the molecule is COc1ccc(/C=C2/NC(=S)N(c3ccccc3C)C2=O)cc1COc1ccccc1Cl. The molecule has 162 valence electrons. The Labute approximate surface area is 197 Å². The number of anilines is 1. The quantitative estimate of drug-likeness (QED) is 0.385. The van der Waals surface area contributed by atoms with E-state index in [1.807, 2.05) is 67.6 Å². The maximum Gasteiger partial charge on any atom is 0.281 e. The van der Waals surface area contributed by atoms with Crippen LogP contribution in [-0.2, 0) is 11.4 Å². The number of rotatable bonds is 6. The number of thiocarbonyl (C=S) groups is 1. The van der Waals surface area contributed by atoms with Gasteiger partial charge in [-0.3, -0.25) is 9.69 Å². The van der Waals surface area contributed by atoms with Crippen molar-refractivity contribution in [2.24, 2.45) is 0 Å². The lowest BCUT2D eigenvalue weighted by Crippen LogP contribution is -2.30. The van der Waals surface area contributed by atoms with E-state index in [4.69, 9.17) is 33.3 Å². The van der Waals surface area contributed by atoms with E-state index in [-0.39, 0.29) is 12.5 Å². The third kappa shape index (κ3) is 4.47. The van der Waals surface area contributed by atoms with Gasteiger partial charge < -0.3 is 14.8 Å². The van der Waals surface area contributed by atoms with Crippen molar-refractivity contribution in [3.8, 4) is 11.5 Å². The van der Waals surface area contributed by atoms with Crippen LogP contribution in [0.25, 0.3) is 6.08 Å². The first kappa shape index (κ1) is 21.9. The molecule has 0 unspecified atom stereocenters. The number of hydrogen-bond donors (Lipinski definition) is 1. The molecule has 3 aromatic carbocycles. The monoisotopic (exact) mass is 464 g/mol. The van der Waals surface area contributed by atoms with Crippen LogP contribution in [-0.4, -0.2) is 18.1 Å². The molecule has 0 saturated carbocycles. The number of methoxy groups -OCH3 is 1. The van der Waals surface area contributed by atoms with Crippen LogP contribution in [0.4, 0.5) is 5.69 Å². The van der Waals surface area contributed by atoms with Crippen molar-refractivity contribution in [2.75, 3.05) is 12.0 Å². The Morgan fingerprint density at radius 1 is 1.06 bits per heavy atom. The number of carbonyl (C=O) groups is 1. The largest absolute Gasteiger partial charge is 0.496 e. The van der Waals surface area contributed by atoms with Crippen LogP contribution < -0.4 is 19.7 Å². The van der Waals surface area contributed by atoms with Crippen LogP contribution in [0.5, 0.6) is 11.5 Å². The van der Waals surface area contributed by atoms with E-state index in [0.717, 1.165) is 22.4 Å². The van der Waals surface area contributed by atoms with Crippen LogP contribution >= 0.6 is 23.8 Å². The minimum absolute atomic E-state index is 0.200. The van der Waals surface area contributed by atoms with Gasteiger partial charge in [-0.2, -0.15) is 0 Å². The lowest BCUT2D eigenvalue weighted by atomic mass is 10.1. The number of amides is 1. The van der Waals surface area contributed by atoms with Crippen LogP contribution in [0.15, 0.2) is 72.4 Å². The number of hydrogen-bond acceptors (Lipinski definition) is 4. The molecule has 0 atom stereocenters. The van der Waals surface area contributed by atoms with Crippen molar-refractivity contribution in [1.29, 1.82) is 0 Å². The van der Waals surface area contributed by atoms with E-state index in [9.17, 15) is 4.79 Å². The second-order valence-corrected chi connectivity index (χ2v) is 8.00. The Bertz CT molecular complexity index is 1230. The van der Waals surface area contributed by atoms with Gasteiger partial charge in [0.1, 0.15) is 23.8 Å². The summed E-state index contributed by atoms with van der Waals surface area (Å²) >= 11 is 11.6. The van der Waals surface area contributed by atoms with Gasteiger partial charge >= 0.3 is 0 Å². The molecule has 1 fully saturated rings. The Kier molecular flexibility index (Phi) is 6.44. The first-order valence-electron chi connectivity index (χ1n) is 9.95. The predicted octanol–water partition coefficient (Wildman–Crippen LogP) is 5.50. The van der Waals surface area contributed by atoms with Crippen LogP contribution in [0, 0.1) is 6.92 Å². The highest BCUT2D eigenvalue weighted by Crippen LogP contribution is 2.29. The molecule has 0 bridgehead atoms. The van der Waals surface area contributed by atoms with Gasteiger partial charge in [-0.25, -0.2) is 0 Å². The van der Waals surface area contributed by atoms with E-state index in [1.54, 1.807) is 19.3 Å². The molecule has 1 N–H and O–H groups in total. The smallest absolute Gasteiger partial charge is 0.281 e. The van der Waals surface area contributed by atoms with Crippen molar-refractivity contribution in [3.63, 3.8) is 0 Å². The maximum atomic E-state index is 13.1. The minimum Gasteiger partial charge on any atom is -0.496 e. The summed E-state index contributed by atoms with van der Waals surface area (Å²) < 4.78 is 11.3. The number of aryl methyl sites for hydroxylation is 1. The van der Waals surface area contributed by atoms with Gasteiger partial charge in [0.2, 0.25) is 0 Å². The first-order valence-corrected chi connectivity index (χ1v) is 10.7. The number of nitrogens with one attached hydrogen (secondary N) is 1. The summed E-state index contributed by atoms with van der Waals surface area (Å²) in [6.07, 6.45) is 1.77. The maximum absolute atomic E-state index is 13.1. The summed E-state index contributed by atoms with van der Waals surface area (Å²) in [4.78, 5) is 14.6. The van der Waals surface area contributed by atoms with Crippen molar-refractivity contribution < 1.29 is 14.3 Å². The molecule has 1 heterocycles. The standard InChI is InChI=1S/C25H21ClN2O3S/c1-16-7-3-5-9-21(16)28-24(29)20(27-25(28)32)14-17-11-12-22(30-2)18(13-17)15-31-23-10-6-4-8-19(23)26/h3-14H,15H2,1-2H3,(H,27,32)/b20-14+. The Morgan fingerprint density at radius 2 is 1.81 bits per heavy atom. The average Bonchev–Trinajstić information content (AvgIpc) is 3.06. The van der Waals surface area contributed by atoms with Crippen molar-refractivity contribution >= 4 is 46.6 Å². The van der Waals surface area contributed by atoms with Gasteiger partial charge in [0.25, 0.3) is 5.91 Å². The third-order valence-corrected chi connectivity index (χ3v) is 5.67. The molecule has 5 nitrogen and oxygen atoms in total. The van der Waals surface area contributed by atoms with Crippen molar-refractivity contribution in [1.82, 2.24) is 5.32 Å². The van der Waals surface area contributed by atoms with Crippen molar-refractivity contribution in [2.45, 2.75) is 13.5 Å². The van der Waals surface area contributed by atoms with E-state index >= 15 is 0 Å². The summed E-state index contributed by atoms with van der Waals surface area (Å²) in [6.45, 7) is 2.21. The summed E-state index contributed by atoms with van der Waals surface area (Å²) in [5, 5.41) is 3.92. The summed E-state index contributed by atoms with van der Waals surface area (Å²) in [7, 11) is 1.60. The van der Waals surface area contributed by atoms with Gasteiger partial charge in [-0.1, -0.05) is 48.0 Å². The number of halogens is 1. The van der Waals surface area contributed by atoms with Gasteiger partial charge in [0, 0.05) is 5.56 Å². The Hall–Kier alpha value is -3.35. The molecule has 3 aromatic rings. The third-order valence-electron chi connectivity index (χ3n) is 5.07. The van der Waals surface area contributed by atoms with Gasteiger partial charge in [-0.15, -0.1) is 0 Å². The second kappa shape index (κ2) is 9.42. The van der Waals surface area contributed by atoms with Crippen LogP contribution in [0.1, 0.15) is 16.7 Å². The predicted molar refractivity (Wildman–Crippen MR) is 131 cm³/mol. The molecule has 32 heavy (non-hydrogen) atoms. The van der Waals surface area contributed by atoms with E-state index in [2.05, 4.69) is 5.32 Å². The fourth-order valence-electron chi connectivity index (χ4n) is 3.45. The highest BCUT2D eigenvalue weighted by Gasteiger charge is 2.32. The van der Waals surface area contributed by atoms with Crippen LogP contribution in [0.3, 0.4) is 0 Å². The van der Waals surface area contributed by atoms with Crippen LogP contribution in [0.2, 0.25) is 5.02 Å². The zero-order valence-electron chi connectivity index (χ0n) is 17.6. The number of carbonyl (C=O) groups excluding carboxylic acids is 1. The molecule has 1 aliphatic rings. The summed E-state index contributed by atoms with van der Waals surface area (Å²) in [6, 6.07) is 20.6. The number of ether oxygens (including phenoxy) is 2. The highest BCUT2D eigenvalue weighted by molar-refractivity contribution is 7.80. The molecule has 0 spiro atoms. The fourth-order valence-corrected chi connectivity index (χ4v) is 3.93. The molecule has 0 radical (unpaired) electrons. The molecule has 1 aliphatic heterocycles. The highest BCUT2D eigenvalue weighted by atomic mass is 35.5. The zero-order valence-corrected chi connectivity index (χ0v) is 19.2. The van der Waals surface area contributed by atoms with E-state index in [0.29, 0.717) is 27.3 Å². The number of para-hydroxylation sites is 2. The topological polar surface area (TPSA) is 50.8 Å². The normalized spacial score (nSPS) is 14.6. The molecule has 7 heteroatoms. The fraction of sp³-hybridized carbons (Fsp3) is 0.120. The minimum atomic E-state index is -0.200. The number of benzene rings is 3. The molecule has 1 saturated heterocycles. The van der Waals surface area contributed by atoms with Gasteiger partial charge in [0.15, 0.2) is 5.11 Å². The van der Waals surface area contributed by atoms with Gasteiger partial charge in [0.05, 0.1) is 17.8 Å². The first-order chi connectivity index (χ1) is 15.5. The van der Waals surface area contributed by atoms with Gasteiger partial charge in [-0.05, 0) is 66.7 Å². The summed E-state index contributed by atoms with van der Waals surface area (Å²) in [5.41, 5.74) is 3.78. The second-order valence-electron chi connectivity index (χ2n) is 7.21.